The van der Waals surface area contributed by atoms with Gasteiger partial charge in [0.05, 0.1) is 12.6 Å². The highest BCUT2D eigenvalue weighted by Gasteiger charge is 2.26. The fourth-order valence-corrected chi connectivity index (χ4v) is 1.79. The molecule has 1 aromatic rings. The minimum absolute atomic E-state index is 0.0718. The fraction of sp³-hybridized carbons (Fsp3) is 0.615. The average Bonchev–Trinajstić information content (AvgIpc) is 2.70. The van der Waals surface area contributed by atoms with Crippen molar-refractivity contribution in [2.75, 3.05) is 6.54 Å². The molecule has 0 fully saturated rings. The third-order valence-electron chi connectivity index (χ3n) is 2.81. The highest BCUT2D eigenvalue weighted by atomic mass is 16.4. The Kier molecular flexibility index (Phi) is 5.12. The van der Waals surface area contributed by atoms with Crippen molar-refractivity contribution in [2.24, 2.45) is 7.05 Å². The van der Waals surface area contributed by atoms with Crippen molar-refractivity contribution in [3.8, 4) is 0 Å². The van der Waals surface area contributed by atoms with Gasteiger partial charge in [0, 0.05) is 37.4 Å². The van der Waals surface area contributed by atoms with Gasteiger partial charge < -0.3 is 15.3 Å². The highest BCUT2D eigenvalue weighted by Crippen LogP contribution is 2.14. The molecule has 1 aromatic heterocycles. The molecular formula is C13H22N4O3. The summed E-state index contributed by atoms with van der Waals surface area (Å²) in [5.41, 5.74) is 0.460. The molecule has 0 bridgehead atoms. The van der Waals surface area contributed by atoms with E-state index in [4.69, 9.17) is 5.11 Å². The summed E-state index contributed by atoms with van der Waals surface area (Å²) < 4.78 is 1.66. The number of carbonyl (C=O) groups is 2. The second-order valence-electron chi connectivity index (χ2n) is 5.65. The minimum atomic E-state index is -0.917. The molecule has 0 spiro atoms. The van der Waals surface area contributed by atoms with Gasteiger partial charge >= 0.3 is 12.0 Å². The molecule has 0 saturated carbocycles. The summed E-state index contributed by atoms with van der Waals surface area (Å²) >= 11 is 0. The summed E-state index contributed by atoms with van der Waals surface area (Å²) in [6, 6.07) is -0.275. The van der Waals surface area contributed by atoms with E-state index in [9.17, 15) is 9.59 Å². The van der Waals surface area contributed by atoms with Crippen LogP contribution >= 0.6 is 0 Å². The SMILES string of the molecule is Cn1cc(CNC(=O)N(CCC(=O)O)C(C)(C)C)cn1. The van der Waals surface area contributed by atoms with Crippen LogP contribution in [0, 0.1) is 0 Å². The van der Waals surface area contributed by atoms with Gasteiger partial charge in [-0.25, -0.2) is 4.79 Å². The number of carboxylic acids is 1. The van der Waals surface area contributed by atoms with Gasteiger partial charge in [0.1, 0.15) is 0 Å². The Labute approximate surface area is 118 Å². The third-order valence-corrected chi connectivity index (χ3v) is 2.81. The first-order chi connectivity index (χ1) is 9.20. The zero-order valence-electron chi connectivity index (χ0n) is 12.4. The van der Waals surface area contributed by atoms with Crippen LogP contribution in [0.4, 0.5) is 4.79 Å². The Bertz CT molecular complexity index is 476. The summed E-state index contributed by atoms with van der Waals surface area (Å²) in [6.07, 6.45) is 3.43. The van der Waals surface area contributed by atoms with Crippen LogP contribution in [0.25, 0.3) is 0 Å². The standard InChI is InChI=1S/C13H22N4O3/c1-13(2,3)17(6-5-11(18)19)12(20)14-7-10-8-15-16(4)9-10/h8-9H,5-7H2,1-4H3,(H,14,20)(H,18,19). The van der Waals surface area contributed by atoms with E-state index in [2.05, 4.69) is 10.4 Å². The number of urea groups is 1. The Morgan fingerprint density at radius 1 is 1.45 bits per heavy atom. The number of rotatable bonds is 5. The van der Waals surface area contributed by atoms with E-state index in [0.29, 0.717) is 6.54 Å². The molecule has 0 radical (unpaired) electrons. The highest BCUT2D eigenvalue weighted by molar-refractivity contribution is 5.76. The molecule has 2 amide bonds. The third kappa shape index (κ3) is 4.91. The average molecular weight is 282 g/mol. The van der Waals surface area contributed by atoms with Gasteiger partial charge in [0.15, 0.2) is 0 Å². The van der Waals surface area contributed by atoms with Crippen molar-refractivity contribution in [1.82, 2.24) is 20.0 Å². The van der Waals surface area contributed by atoms with Crippen molar-refractivity contribution >= 4 is 12.0 Å². The van der Waals surface area contributed by atoms with Gasteiger partial charge in [0.2, 0.25) is 0 Å². The Morgan fingerprint density at radius 3 is 2.55 bits per heavy atom. The van der Waals surface area contributed by atoms with Gasteiger partial charge in [0.25, 0.3) is 0 Å². The summed E-state index contributed by atoms with van der Waals surface area (Å²) in [4.78, 5) is 24.4. The van der Waals surface area contributed by atoms with E-state index in [0.717, 1.165) is 5.56 Å². The Hall–Kier alpha value is -2.05. The molecule has 0 atom stereocenters. The molecule has 20 heavy (non-hydrogen) atoms. The van der Waals surface area contributed by atoms with Crippen LogP contribution in [0.5, 0.6) is 0 Å². The van der Waals surface area contributed by atoms with Crippen LogP contribution in [0.15, 0.2) is 12.4 Å². The van der Waals surface area contributed by atoms with E-state index in [1.807, 2.05) is 27.0 Å². The second kappa shape index (κ2) is 6.40. The molecule has 0 saturated heterocycles. The first-order valence-electron chi connectivity index (χ1n) is 6.45. The maximum atomic E-state index is 12.2. The molecule has 1 rings (SSSR count). The molecular weight excluding hydrogens is 260 g/mol. The lowest BCUT2D eigenvalue weighted by Gasteiger charge is -2.35. The predicted molar refractivity (Wildman–Crippen MR) is 74.2 cm³/mol. The molecule has 0 unspecified atom stereocenters. The summed E-state index contributed by atoms with van der Waals surface area (Å²) in [5, 5.41) is 15.6. The molecule has 112 valence electrons. The Morgan fingerprint density at radius 2 is 2.10 bits per heavy atom. The number of carbonyl (C=O) groups excluding carboxylic acids is 1. The van der Waals surface area contributed by atoms with Gasteiger partial charge in [-0.2, -0.15) is 5.10 Å². The smallest absolute Gasteiger partial charge is 0.318 e. The van der Waals surface area contributed by atoms with Crippen molar-refractivity contribution < 1.29 is 14.7 Å². The molecule has 0 aliphatic rings. The number of nitrogens with one attached hydrogen (secondary N) is 1. The largest absolute Gasteiger partial charge is 0.481 e. The predicted octanol–water partition coefficient (Wildman–Crippen LogP) is 1.20. The first kappa shape index (κ1) is 16.0. The summed E-state index contributed by atoms with van der Waals surface area (Å²) in [7, 11) is 1.81. The molecule has 2 N–H and O–H groups in total. The number of hydrogen-bond donors (Lipinski definition) is 2. The van der Waals surface area contributed by atoms with E-state index >= 15 is 0 Å². The monoisotopic (exact) mass is 282 g/mol. The maximum absolute atomic E-state index is 12.2. The number of nitrogens with zero attached hydrogens (tertiary/aromatic N) is 3. The van der Waals surface area contributed by atoms with Gasteiger partial charge in [-0.05, 0) is 20.8 Å². The summed E-state index contributed by atoms with van der Waals surface area (Å²) in [5.74, 6) is -0.917. The van der Waals surface area contributed by atoms with E-state index in [-0.39, 0.29) is 19.0 Å². The molecule has 0 aliphatic heterocycles. The molecule has 1 heterocycles. The summed E-state index contributed by atoms with van der Waals surface area (Å²) in [6.45, 7) is 6.17. The van der Waals surface area contributed by atoms with Crippen molar-refractivity contribution in [1.29, 1.82) is 0 Å². The van der Waals surface area contributed by atoms with E-state index in [1.54, 1.807) is 17.9 Å². The maximum Gasteiger partial charge on any atom is 0.318 e. The lowest BCUT2D eigenvalue weighted by Crippen LogP contribution is -2.50. The van der Waals surface area contributed by atoms with Crippen LogP contribution in [-0.2, 0) is 18.4 Å². The fourth-order valence-electron chi connectivity index (χ4n) is 1.79. The minimum Gasteiger partial charge on any atom is -0.481 e. The van der Waals surface area contributed by atoms with Crippen LogP contribution in [0.2, 0.25) is 0 Å². The zero-order valence-corrected chi connectivity index (χ0v) is 12.4. The van der Waals surface area contributed by atoms with Gasteiger partial charge in [-0.1, -0.05) is 0 Å². The second-order valence-corrected chi connectivity index (χ2v) is 5.65. The topological polar surface area (TPSA) is 87.5 Å². The number of hydrogen-bond acceptors (Lipinski definition) is 3. The van der Waals surface area contributed by atoms with Crippen molar-refractivity contribution in [3.63, 3.8) is 0 Å². The molecule has 0 aromatic carbocycles. The quantitative estimate of drug-likeness (QED) is 0.849. The van der Waals surface area contributed by atoms with Gasteiger partial charge in [-0.3, -0.25) is 9.48 Å². The van der Waals surface area contributed by atoms with Crippen LogP contribution in [0.3, 0.4) is 0 Å². The Balaban J connectivity index is 2.61. The molecule has 7 nitrogen and oxygen atoms in total. The lowest BCUT2D eigenvalue weighted by molar-refractivity contribution is -0.137. The number of aromatic nitrogens is 2. The van der Waals surface area contributed by atoms with Crippen LogP contribution < -0.4 is 5.32 Å². The molecule has 0 aliphatic carbocycles. The molecule has 7 heteroatoms. The lowest BCUT2D eigenvalue weighted by atomic mass is 10.1. The normalized spacial score (nSPS) is 11.2. The first-order valence-corrected chi connectivity index (χ1v) is 6.45. The van der Waals surface area contributed by atoms with Crippen molar-refractivity contribution in [2.45, 2.75) is 39.3 Å². The number of carboxylic acid groups (broad SMARTS) is 1. The number of amides is 2. The number of aliphatic carboxylic acids is 1. The number of aryl methyl sites for hydroxylation is 1. The van der Waals surface area contributed by atoms with Crippen molar-refractivity contribution in [3.05, 3.63) is 18.0 Å². The van der Waals surface area contributed by atoms with Crippen LogP contribution in [0.1, 0.15) is 32.8 Å². The van der Waals surface area contributed by atoms with E-state index in [1.165, 1.54) is 4.90 Å². The van der Waals surface area contributed by atoms with Gasteiger partial charge in [-0.15, -0.1) is 0 Å². The zero-order chi connectivity index (χ0) is 15.3. The van der Waals surface area contributed by atoms with E-state index < -0.39 is 11.5 Å². The van der Waals surface area contributed by atoms with Crippen LogP contribution in [-0.4, -0.2) is 43.9 Å².